The average Bonchev–Trinajstić information content (AvgIpc) is 2.46. The summed E-state index contributed by atoms with van der Waals surface area (Å²) in [5, 5.41) is 3.99. The van der Waals surface area contributed by atoms with Gasteiger partial charge < -0.3 is 0 Å². The van der Waals surface area contributed by atoms with Gasteiger partial charge in [-0.15, -0.1) is 0 Å². The molecular weight excluding hydrogens is 248 g/mol. The number of carbonyl (C=O) groups excluding carboxylic acids is 2. The highest BCUT2D eigenvalue weighted by Crippen LogP contribution is 2.16. The molecule has 0 bridgehead atoms. The van der Waals surface area contributed by atoms with E-state index >= 15 is 0 Å². The van der Waals surface area contributed by atoms with E-state index in [4.69, 9.17) is 0 Å². The van der Waals surface area contributed by atoms with Crippen molar-refractivity contribution in [1.29, 1.82) is 0 Å². The standard InChI is InChI=1S/C9H11BrN2O2/c1-6(13)3-9(7(2)14)12-5-8(10)4-11-12/h4-5,9H,3H2,1-2H3. The molecule has 0 amide bonds. The summed E-state index contributed by atoms with van der Waals surface area (Å²) in [5.74, 6) is -0.0763. The summed E-state index contributed by atoms with van der Waals surface area (Å²) in [7, 11) is 0. The van der Waals surface area contributed by atoms with E-state index in [1.165, 1.54) is 18.5 Å². The third kappa shape index (κ3) is 2.77. The van der Waals surface area contributed by atoms with Gasteiger partial charge in [-0.2, -0.15) is 5.10 Å². The van der Waals surface area contributed by atoms with Gasteiger partial charge >= 0.3 is 0 Å². The van der Waals surface area contributed by atoms with E-state index in [0.29, 0.717) is 0 Å². The maximum atomic E-state index is 11.3. The van der Waals surface area contributed by atoms with Gasteiger partial charge in [0.1, 0.15) is 11.8 Å². The summed E-state index contributed by atoms with van der Waals surface area (Å²) in [6.45, 7) is 2.93. The molecule has 0 aliphatic heterocycles. The Morgan fingerprint density at radius 1 is 1.57 bits per heavy atom. The van der Waals surface area contributed by atoms with Crippen molar-refractivity contribution in [1.82, 2.24) is 9.78 Å². The minimum Gasteiger partial charge on any atom is -0.300 e. The fraction of sp³-hybridized carbons (Fsp3) is 0.444. The molecule has 0 radical (unpaired) electrons. The molecule has 0 fully saturated rings. The molecule has 76 valence electrons. The van der Waals surface area contributed by atoms with Crippen LogP contribution in [0.4, 0.5) is 0 Å². The Balaban J connectivity index is 2.88. The zero-order valence-corrected chi connectivity index (χ0v) is 9.61. The van der Waals surface area contributed by atoms with Crippen molar-refractivity contribution in [3.63, 3.8) is 0 Å². The Hall–Kier alpha value is -0.970. The number of hydrogen-bond donors (Lipinski definition) is 0. The number of Topliss-reactive ketones (excluding diaryl/α,β-unsaturated/α-hetero) is 2. The molecule has 5 heteroatoms. The Morgan fingerprint density at radius 2 is 2.21 bits per heavy atom. The van der Waals surface area contributed by atoms with Crippen molar-refractivity contribution in [3.8, 4) is 0 Å². The molecule has 1 aromatic rings. The van der Waals surface area contributed by atoms with Crippen molar-refractivity contribution in [2.24, 2.45) is 0 Å². The summed E-state index contributed by atoms with van der Waals surface area (Å²) in [5.41, 5.74) is 0. The molecular formula is C9H11BrN2O2. The van der Waals surface area contributed by atoms with Gasteiger partial charge in [0.2, 0.25) is 0 Å². The first-order valence-electron chi connectivity index (χ1n) is 4.20. The number of aromatic nitrogens is 2. The maximum Gasteiger partial charge on any atom is 0.154 e. The summed E-state index contributed by atoms with van der Waals surface area (Å²) < 4.78 is 2.31. The lowest BCUT2D eigenvalue weighted by Crippen LogP contribution is -2.20. The van der Waals surface area contributed by atoms with Gasteiger partial charge in [0, 0.05) is 12.6 Å². The van der Waals surface area contributed by atoms with Crippen LogP contribution in [0.1, 0.15) is 26.3 Å². The van der Waals surface area contributed by atoms with Crippen molar-refractivity contribution in [3.05, 3.63) is 16.9 Å². The second-order valence-corrected chi connectivity index (χ2v) is 4.09. The molecule has 0 spiro atoms. The number of hydrogen-bond acceptors (Lipinski definition) is 3. The van der Waals surface area contributed by atoms with Crippen molar-refractivity contribution in [2.75, 3.05) is 0 Å². The molecule has 4 nitrogen and oxygen atoms in total. The highest BCUT2D eigenvalue weighted by atomic mass is 79.9. The molecule has 0 N–H and O–H groups in total. The monoisotopic (exact) mass is 258 g/mol. The van der Waals surface area contributed by atoms with Gasteiger partial charge in [-0.05, 0) is 29.8 Å². The van der Waals surface area contributed by atoms with Crippen LogP contribution in [0.3, 0.4) is 0 Å². The van der Waals surface area contributed by atoms with Crippen LogP contribution < -0.4 is 0 Å². The Morgan fingerprint density at radius 3 is 2.57 bits per heavy atom. The van der Waals surface area contributed by atoms with E-state index in [1.54, 1.807) is 12.4 Å². The summed E-state index contributed by atoms with van der Waals surface area (Å²) in [4.78, 5) is 22.2. The van der Waals surface area contributed by atoms with Crippen molar-refractivity contribution >= 4 is 27.5 Å². The van der Waals surface area contributed by atoms with Crippen LogP contribution >= 0.6 is 15.9 Å². The molecule has 0 aliphatic carbocycles. The van der Waals surface area contributed by atoms with Gasteiger partial charge in [0.15, 0.2) is 5.78 Å². The number of halogens is 1. The molecule has 0 saturated heterocycles. The number of ketones is 2. The van der Waals surface area contributed by atoms with E-state index in [1.807, 2.05) is 0 Å². The molecule has 1 rings (SSSR count). The second kappa shape index (κ2) is 4.50. The fourth-order valence-electron chi connectivity index (χ4n) is 1.18. The number of rotatable bonds is 4. The normalized spacial score (nSPS) is 12.5. The van der Waals surface area contributed by atoms with Crippen LogP contribution in [0.25, 0.3) is 0 Å². The molecule has 0 aromatic carbocycles. The van der Waals surface area contributed by atoms with E-state index in [9.17, 15) is 9.59 Å². The Bertz CT molecular complexity index is 359. The number of nitrogens with zero attached hydrogens (tertiary/aromatic N) is 2. The SMILES string of the molecule is CC(=O)CC(C(C)=O)n1cc(Br)cn1. The van der Waals surface area contributed by atoms with Gasteiger partial charge in [0.05, 0.1) is 10.7 Å². The third-order valence-electron chi connectivity index (χ3n) is 1.84. The minimum absolute atomic E-state index is 0.0168. The summed E-state index contributed by atoms with van der Waals surface area (Å²) >= 11 is 3.24. The number of carbonyl (C=O) groups is 2. The summed E-state index contributed by atoms with van der Waals surface area (Å²) in [6, 6.07) is -0.473. The highest BCUT2D eigenvalue weighted by Gasteiger charge is 2.18. The second-order valence-electron chi connectivity index (χ2n) is 3.17. The van der Waals surface area contributed by atoms with Crippen molar-refractivity contribution in [2.45, 2.75) is 26.3 Å². The molecule has 0 saturated carbocycles. The van der Waals surface area contributed by atoms with Crippen molar-refractivity contribution < 1.29 is 9.59 Å². The van der Waals surface area contributed by atoms with Crippen LogP contribution in [0, 0.1) is 0 Å². The quantitative estimate of drug-likeness (QED) is 0.827. The molecule has 1 aromatic heterocycles. The third-order valence-corrected chi connectivity index (χ3v) is 2.25. The van der Waals surface area contributed by atoms with Gasteiger partial charge in [0.25, 0.3) is 0 Å². The van der Waals surface area contributed by atoms with E-state index < -0.39 is 6.04 Å². The van der Waals surface area contributed by atoms with E-state index in [-0.39, 0.29) is 18.0 Å². The summed E-state index contributed by atoms with van der Waals surface area (Å²) in [6.07, 6.45) is 3.48. The van der Waals surface area contributed by atoms with Gasteiger partial charge in [-0.1, -0.05) is 0 Å². The van der Waals surface area contributed by atoms with Crippen LogP contribution in [-0.4, -0.2) is 21.3 Å². The molecule has 14 heavy (non-hydrogen) atoms. The first-order chi connectivity index (χ1) is 6.50. The minimum atomic E-state index is -0.473. The lowest BCUT2D eigenvalue weighted by molar-refractivity contribution is -0.125. The van der Waals surface area contributed by atoms with Crippen LogP contribution in [-0.2, 0) is 9.59 Å². The smallest absolute Gasteiger partial charge is 0.154 e. The molecule has 1 unspecified atom stereocenters. The Labute approximate surface area is 90.4 Å². The lowest BCUT2D eigenvalue weighted by atomic mass is 10.1. The van der Waals surface area contributed by atoms with Gasteiger partial charge in [-0.25, -0.2) is 0 Å². The predicted molar refractivity (Wildman–Crippen MR) is 54.9 cm³/mol. The predicted octanol–water partition coefficient (Wildman–Crippen LogP) is 1.75. The highest BCUT2D eigenvalue weighted by molar-refractivity contribution is 9.10. The van der Waals surface area contributed by atoms with Gasteiger partial charge in [-0.3, -0.25) is 14.3 Å². The molecule has 1 atom stereocenters. The average molecular weight is 259 g/mol. The van der Waals surface area contributed by atoms with Crippen LogP contribution in [0.2, 0.25) is 0 Å². The fourth-order valence-corrected chi connectivity index (χ4v) is 1.48. The zero-order valence-electron chi connectivity index (χ0n) is 8.03. The van der Waals surface area contributed by atoms with Crippen LogP contribution in [0.15, 0.2) is 16.9 Å². The largest absolute Gasteiger partial charge is 0.300 e. The first kappa shape index (κ1) is 11.1. The molecule has 1 heterocycles. The van der Waals surface area contributed by atoms with E-state index in [0.717, 1.165) is 4.47 Å². The lowest BCUT2D eigenvalue weighted by Gasteiger charge is -2.11. The van der Waals surface area contributed by atoms with E-state index in [2.05, 4.69) is 21.0 Å². The Kier molecular flexibility index (Phi) is 3.57. The zero-order chi connectivity index (χ0) is 10.7. The topological polar surface area (TPSA) is 52.0 Å². The molecule has 0 aliphatic rings. The van der Waals surface area contributed by atoms with Crippen LogP contribution in [0.5, 0.6) is 0 Å². The maximum absolute atomic E-state index is 11.3. The first-order valence-corrected chi connectivity index (χ1v) is 4.99.